The molecule has 0 unspecified atom stereocenters. The van der Waals surface area contributed by atoms with E-state index in [1.54, 1.807) is 30.3 Å². The molecule has 0 radical (unpaired) electrons. The molecule has 2 aromatic carbocycles. The van der Waals surface area contributed by atoms with E-state index in [0.29, 0.717) is 27.4 Å². The molecule has 3 aromatic rings. The summed E-state index contributed by atoms with van der Waals surface area (Å²) in [5.74, 6) is -0.0959. The molecule has 0 bridgehead atoms. The lowest BCUT2D eigenvalue weighted by Crippen LogP contribution is -2.15. The molecule has 5 nitrogen and oxygen atoms in total. The van der Waals surface area contributed by atoms with Gasteiger partial charge in [-0.05, 0) is 37.3 Å². The van der Waals surface area contributed by atoms with E-state index < -0.39 is 5.91 Å². The lowest BCUT2D eigenvalue weighted by Gasteiger charge is -2.08. The normalized spacial score (nSPS) is 10.6. The van der Waals surface area contributed by atoms with Crippen LogP contribution in [0.3, 0.4) is 0 Å². The maximum atomic E-state index is 12.3. The third-order valence-electron chi connectivity index (χ3n) is 3.52. The first-order chi connectivity index (χ1) is 11.5. The largest absolute Gasteiger partial charge is 0.495 e. The predicted octanol–water partition coefficient (Wildman–Crippen LogP) is 4.02. The number of aryl methyl sites for hydroxylation is 1. The molecular weight excluding hydrogens is 330 g/mol. The van der Waals surface area contributed by atoms with Crippen LogP contribution in [0.25, 0.3) is 11.0 Å². The second-order valence-corrected chi connectivity index (χ2v) is 5.69. The summed E-state index contributed by atoms with van der Waals surface area (Å²) in [6, 6.07) is 11.2. The highest BCUT2D eigenvalue weighted by molar-refractivity contribution is 6.32. The SMILES string of the molecule is COc1ccc(NC(=O)c2cc(=O)c3cc(C)ccc3o2)cc1Cl. The van der Waals surface area contributed by atoms with Gasteiger partial charge in [-0.3, -0.25) is 9.59 Å². The van der Waals surface area contributed by atoms with Gasteiger partial charge in [0.1, 0.15) is 11.3 Å². The fourth-order valence-electron chi connectivity index (χ4n) is 2.32. The summed E-state index contributed by atoms with van der Waals surface area (Å²) >= 11 is 6.03. The van der Waals surface area contributed by atoms with Crippen molar-refractivity contribution < 1.29 is 13.9 Å². The van der Waals surface area contributed by atoms with Crippen molar-refractivity contribution in [3.05, 3.63) is 69.0 Å². The molecule has 0 atom stereocenters. The number of hydrogen-bond donors (Lipinski definition) is 1. The van der Waals surface area contributed by atoms with E-state index in [-0.39, 0.29) is 11.2 Å². The number of methoxy groups -OCH3 is 1. The van der Waals surface area contributed by atoms with Gasteiger partial charge in [0.2, 0.25) is 0 Å². The Morgan fingerprint density at radius 3 is 2.67 bits per heavy atom. The van der Waals surface area contributed by atoms with Crippen LogP contribution in [0.1, 0.15) is 16.1 Å². The zero-order valence-corrected chi connectivity index (χ0v) is 13.8. The van der Waals surface area contributed by atoms with Gasteiger partial charge in [-0.15, -0.1) is 0 Å². The maximum absolute atomic E-state index is 12.3. The fourth-order valence-corrected chi connectivity index (χ4v) is 2.58. The molecule has 0 spiro atoms. The number of benzene rings is 2. The Kier molecular flexibility index (Phi) is 4.27. The van der Waals surface area contributed by atoms with Crippen molar-refractivity contribution in [2.45, 2.75) is 6.92 Å². The summed E-state index contributed by atoms with van der Waals surface area (Å²) in [4.78, 5) is 24.5. The molecule has 0 fully saturated rings. The van der Waals surface area contributed by atoms with Crippen LogP contribution in [0.5, 0.6) is 5.75 Å². The predicted molar refractivity (Wildman–Crippen MR) is 93.2 cm³/mol. The Hall–Kier alpha value is -2.79. The van der Waals surface area contributed by atoms with Crippen LogP contribution in [-0.2, 0) is 0 Å². The van der Waals surface area contributed by atoms with Gasteiger partial charge in [0, 0.05) is 11.8 Å². The minimum Gasteiger partial charge on any atom is -0.495 e. The third kappa shape index (κ3) is 3.12. The van der Waals surface area contributed by atoms with Crippen molar-refractivity contribution in [1.29, 1.82) is 0 Å². The van der Waals surface area contributed by atoms with E-state index in [2.05, 4.69) is 5.32 Å². The smallest absolute Gasteiger partial charge is 0.291 e. The molecule has 1 heterocycles. The molecule has 0 saturated heterocycles. The maximum Gasteiger partial charge on any atom is 0.291 e. The Labute approximate surface area is 142 Å². The number of nitrogens with one attached hydrogen (secondary N) is 1. The average Bonchev–Trinajstić information content (AvgIpc) is 2.55. The number of halogens is 1. The number of carbonyl (C=O) groups is 1. The van der Waals surface area contributed by atoms with Crippen LogP contribution in [0.15, 0.2) is 51.7 Å². The van der Waals surface area contributed by atoms with Gasteiger partial charge in [0.05, 0.1) is 17.5 Å². The Morgan fingerprint density at radius 2 is 1.96 bits per heavy atom. The summed E-state index contributed by atoms with van der Waals surface area (Å²) in [5.41, 5.74) is 1.52. The van der Waals surface area contributed by atoms with Crippen LogP contribution in [-0.4, -0.2) is 13.0 Å². The lowest BCUT2D eigenvalue weighted by atomic mass is 10.1. The summed E-state index contributed by atoms with van der Waals surface area (Å²) in [5, 5.41) is 3.45. The monoisotopic (exact) mass is 343 g/mol. The zero-order valence-electron chi connectivity index (χ0n) is 13.1. The first-order valence-electron chi connectivity index (χ1n) is 7.17. The molecule has 122 valence electrons. The first kappa shape index (κ1) is 16.1. The van der Waals surface area contributed by atoms with Gasteiger partial charge in [0.25, 0.3) is 5.91 Å². The molecule has 1 N–H and O–H groups in total. The zero-order chi connectivity index (χ0) is 17.3. The second-order valence-electron chi connectivity index (χ2n) is 5.28. The van der Waals surface area contributed by atoms with Crippen molar-refractivity contribution in [3.8, 4) is 5.75 Å². The van der Waals surface area contributed by atoms with Crippen LogP contribution in [0, 0.1) is 6.92 Å². The van der Waals surface area contributed by atoms with Crippen molar-refractivity contribution in [2.24, 2.45) is 0 Å². The second kappa shape index (κ2) is 6.37. The summed E-state index contributed by atoms with van der Waals surface area (Å²) < 4.78 is 10.6. The van der Waals surface area contributed by atoms with Gasteiger partial charge < -0.3 is 14.5 Å². The molecule has 0 aliphatic carbocycles. The Bertz CT molecular complexity index is 994. The number of rotatable bonds is 3. The topological polar surface area (TPSA) is 68.5 Å². The van der Waals surface area contributed by atoms with Crippen molar-refractivity contribution in [3.63, 3.8) is 0 Å². The minimum atomic E-state index is -0.532. The highest BCUT2D eigenvalue weighted by Crippen LogP contribution is 2.27. The lowest BCUT2D eigenvalue weighted by molar-refractivity contribution is 0.0997. The summed E-state index contributed by atoms with van der Waals surface area (Å²) in [7, 11) is 1.50. The molecule has 24 heavy (non-hydrogen) atoms. The Morgan fingerprint density at radius 1 is 1.17 bits per heavy atom. The standard InChI is InChI=1S/C18H14ClNO4/c1-10-3-5-15-12(7-10)14(21)9-17(24-15)18(22)20-11-4-6-16(23-2)13(19)8-11/h3-9H,1-2H3,(H,20,22). The van der Waals surface area contributed by atoms with Gasteiger partial charge in [-0.2, -0.15) is 0 Å². The number of anilines is 1. The number of carbonyl (C=O) groups excluding carboxylic acids is 1. The molecule has 1 amide bonds. The molecular formula is C18H14ClNO4. The van der Waals surface area contributed by atoms with Crippen LogP contribution < -0.4 is 15.5 Å². The number of ether oxygens (including phenoxy) is 1. The molecule has 0 aliphatic rings. The van der Waals surface area contributed by atoms with Crippen molar-refractivity contribution >= 4 is 34.2 Å². The summed E-state index contributed by atoms with van der Waals surface area (Å²) in [6.07, 6.45) is 0. The third-order valence-corrected chi connectivity index (χ3v) is 3.81. The molecule has 0 aliphatic heterocycles. The highest BCUT2D eigenvalue weighted by atomic mass is 35.5. The Balaban J connectivity index is 1.93. The van der Waals surface area contributed by atoms with Crippen molar-refractivity contribution in [1.82, 2.24) is 0 Å². The quantitative estimate of drug-likeness (QED) is 0.780. The molecule has 0 saturated carbocycles. The van der Waals surface area contributed by atoms with Crippen LogP contribution >= 0.6 is 11.6 Å². The van der Waals surface area contributed by atoms with Crippen LogP contribution in [0.2, 0.25) is 5.02 Å². The minimum absolute atomic E-state index is 0.0664. The van der Waals surface area contributed by atoms with Crippen molar-refractivity contribution in [2.75, 3.05) is 12.4 Å². The highest BCUT2D eigenvalue weighted by Gasteiger charge is 2.13. The van der Waals surface area contributed by atoms with E-state index in [4.69, 9.17) is 20.8 Å². The first-order valence-corrected chi connectivity index (χ1v) is 7.55. The van der Waals surface area contributed by atoms with Crippen LogP contribution in [0.4, 0.5) is 5.69 Å². The van der Waals surface area contributed by atoms with E-state index in [1.165, 1.54) is 13.2 Å². The number of hydrogen-bond acceptors (Lipinski definition) is 4. The van der Waals surface area contributed by atoms with Gasteiger partial charge in [0.15, 0.2) is 11.2 Å². The summed E-state index contributed by atoms with van der Waals surface area (Å²) in [6.45, 7) is 1.88. The van der Waals surface area contributed by atoms with Gasteiger partial charge >= 0.3 is 0 Å². The number of fused-ring (bicyclic) bond motifs is 1. The van der Waals surface area contributed by atoms with Gasteiger partial charge in [-0.1, -0.05) is 23.2 Å². The molecule has 6 heteroatoms. The molecule has 1 aromatic heterocycles. The number of amides is 1. The van der Waals surface area contributed by atoms with E-state index in [9.17, 15) is 9.59 Å². The van der Waals surface area contributed by atoms with Gasteiger partial charge in [-0.25, -0.2) is 0 Å². The van der Waals surface area contributed by atoms with E-state index in [1.807, 2.05) is 13.0 Å². The van der Waals surface area contributed by atoms with E-state index >= 15 is 0 Å². The fraction of sp³-hybridized carbons (Fsp3) is 0.111. The molecule has 3 rings (SSSR count). The average molecular weight is 344 g/mol. The van der Waals surface area contributed by atoms with E-state index in [0.717, 1.165) is 5.56 Å².